The highest BCUT2D eigenvalue weighted by Gasteiger charge is 2.35. The summed E-state index contributed by atoms with van der Waals surface area (Å²) in [7, 11) is 0. The summed E-state index contributed by atoms with van der Waals surface area (Å²) in [4.78, 5) is 57.0. The molecule has 8 rings (SSSR count). The van der Waals surface area contributed by atoms with Gasteiger partial charge in [0, 0.05) is 87.4 Å². The van der Waals surface area contributed by atoms with Crippen LogP contribution in [0.4, 0.5) is 23.0 Å². The number of benzene rings is 2. The highest BCUT2D eigenvalue weighted by Crippen LogP contribution is 2.38. The molecule has 5 fully saturated rings. The van der Waals surface area contributed by atoms with E-state index in [1.165, 1.54) is 17.4 Å². The van der Waals surface area contributed by atoms with Crippen molar-refractivity contribution in [2.75, 3.05) is 86.7 Å². The minimum atomic E-state index is -0.241. The lowest BCUT2D eigenvalue weighted by molar-refractivity contribution is -0.139. The topological polar surface area (TPSA) is 166 Å². The van der Waals surface area contributed by atoms with Crippen molar-refractivity contribution in [1.29, 1.82) is 0 Å². The Hall–Kier alpha value is -4.11. The fourth-order valence-corrected chi connectivity index (χ4v) is 10.9. The Labute approximate surface area is 363 Å². The van der Waals surface area contributed by atoms with Gasteiger partial charge in [0.05, 0.1) is 22.8 Å². The van der Waals surface area contributed by atoms with E-state index in [0.29, 0.717) is 52.1 Å². The summed E-state index contributed by atoms with van der Waals surface area (Å²) >= 11 is 7.75. The molecule has 322 valence electrons. The lowest BCUT2D eigenvalue weighted by Gasteiger charge is -2.42. The van der Waals surface area contributed by atoms with Gasteiger partial charge in [-0.1, -0.05) is 41.6 Å². The fourth-order valence-electron chi connectivity index (χ4n) is 9.81. The Morgan fingerprint density at radius 3 is 2.28 bits per heavy atom. The largest absolute Gasteiger partial charge is 0.397 e. The van der Waals surface area contributed by atoms with Crippen LogP contribution in [0.5, 0.6) is 0 Å². The van der Waals surface area contributed by atoms with Crippen molar-refractivity contribution in [3.8, 4) is 0 Å². The molecule has 5 aliphatic rings. The molecule has 1 unspecified atom stereocenters. The van der Waals surface area contributed by atoms with Crippen LogP contribution < -0.4 is 31.9 Å². The molecular formula is C45H61ClN10O3S. The standard InChI is InChI=1S/C45H61ClN10O3S/c1-45(17-21-55(22-18-45)38-28-49-43(41(48)51-38)60-37-4-2-3-36(47)40(37)46)50-27-30-5-7-33(8-6-30)44(59)56-25-23-53(24-26-56)29-31-15-19-54(20-16-31)34-11-9-32(10-12-34)35-13-14-39(57)52-42(35)58/h2-4,9-12,28,30-31,33,35,50H,5-8,13-27,29,47H2,1H3,(H2,48,51)(H,52,57,58). The molecule has 5 heterocycles. The second kappa shape index (κ2) is 18.9. The van der Waals surface area contributed by atoms with Crippen molar-refractivity contribution in [2.24, 2.45) is 17.8 Å². The number of anilines is 4. The van der Waals surface area contributed by atoms with Crippen molar-refractivity contribution in [1.82, 2.24) is 30.4 Å². The number of piperazine rings is 1. The molecule has 1 aliphatic carbocycles. The van der Waals surface area contributed by atoms with Gasteiger partial charge >= 0.3 is 0 Å². The summed E-state index contributed by atoms with van der Waals surface area (Å²) in [5, 5.41) is 7.52. The number of amides is 3. The summed E-state index contributed by atoms with van der Waals surface area (Å²) in [6, 6.07) is 13.9. The Morgan fingerprint density at radius 2 is 1.60 bits per heavy atom. The van der Waals surface area contributed by atoms with Crippen LogP contribution in [0.3, 0.4) is 0 Å². The van der Waals surface area contributed by atoms with Gasteiger partial charge < -0.3 is 31.5 Å². The zero-order valence-electron chi connectivity index (χ0n) is 34.9. The van der Waals surface area contributed by atoms with E-state index in [-0.39, 0.29) is 29.2 Å². The first-order valence-corrected chi connectivity index (χ1v) is 23.2. The summed E-state index contributed by atoms with van der Waals surface area (Å²) in [6.45, 7) is 11.9. The minimum Gasteiger partial charge on any atom is -0.397 e. The quantitative estimate of drug-likeness (QED) is 0.136. The average Bonchev–Trinajstić information content (AvgIpc) is 3.26. The molecule has 6 N–H and O–H groups in total. The maximum Gasteiger partial charge on any atom is 0.234 e. The van der Waals surface area contributed by atoms with Gasteiger partial charge in [0.2, 0.25) is 17.7 Å². The summed E-state index contributed by atoms with van der Waals surface area (Å²) in [5.74, 6) is 2.40. The van der Waals surface area contributed by atoms with Gasteiger partial charge in [-0.2, -0.15) is 0 Å². The molecule has 0 radical (unpaired) electrons. The highest BCUT2D eigenvalue weighted by molar-refractivity contribution is 7.99. The van der Waals surface area contributed by atoms with Gasteiger partial charge in [0.15, 0.2) is 5.82 Å². The number of hydrogen-bond acceptors (Lipinski definition) is 12. The van der Waals surface area contributed by atoms with Crippen molar-refractivity contribution >= 4 is 64.1 Å². The van der Waals surface area contributed by atoms with Crippen molar-refractivity contribution < 1.29 is 14.4 Å². The first-order valence-electron chi connectivity index (χ1n) is 22.0. The van der Waals surface area contributed by atoms with Gasteiger partial charge in [0.1, 0.15) is 10.8 Å². The molecule has 4 aliphatic heterocycles. The molecule has 60 heavy (non-hydrogen) atoms. The van der Waals surface area contributed by atoms with E-state index in [9.17, 15) is 14.4 Å². The van der Waals surface area contributed by atoms with Crippen molar-refractivity contribution in [3.63, 3.8) is 0 Å². The van der Waals surface area contributed by atoms with E-state index < -0.39 is 0 Å². The second-order valence-electron chi connectivity index (χ2n) is 18.0. The van der Waals surface area contributed by atoms with Crippen LogP contribution in [-0.4, -0.2) is 108 Å². The Bertz CT molecular complexity index is 1990. The summed E-state index contributed by atoms with van der Waals surface area (Å²) < 4.78 is 0. The van der Waals surface area contributed by atoms with Gasteiger partial charge in [0.25, 0.3) is 0 Å². The number of hydrogen-bond donors (Lipinski definition) is 4. The van der Waals surface area contributed by atoms with Crippen molar-refractivity contribution in [3.05, 3.63) is 59.2 Å². The molecule has 1 atom stereocenters. The first-order chi connectivity index (χ1) is 29.0. The third kappa shape index (κ3) is 10.1. The number of piperidine rings is 3. The van der Waals surface area contributed by atoms with Crippen LogP contribution in [0.25, 0.3) is 0 Å². The third-order valence-electron chi connectivity index (χ3n) is 13.9. The molecule has 3 aromatic rings. The van der Waals surface area contributed by atoms with Gasteiger partial charge in [-0.25, -0.2) is 9.97 Å². The number of nitrogens with two attached hydrogens (primary N) is 2. The predicted octanol–water partition coefficient (Wildman–Crippen LogP) is 5.78. The molecule has 13 nitrogen and oxygen atoms in total. The summed E-state index contributed by atoms with van der Waals surface area (Å²) in [5.41, 5.74) is 15.1. The smallest absolute Gasteiger partial charge is 0.234 e. The van der Waals surface area contributed by atoms with E-state index in [4.69, 9.17) is 28.1 Å². The number of rotatable bonds is 11. The third-order valence-corrected chi connectivity index (χ3v) is 15.5. The Balaban J connectivity index is 0.704. The monoisotopic (exact) mass is 856 g/mol. The molecule has 15 heteroatoms. The number of nitrogen functional groups attached to an aromatic ring is 2. The molecule has 0 spiro atoms. The maximum absolute atomic E-state index is 13.6. The van der Waals surface area contributed by atoms with Gasteiger partial charge in [-0.05, 0) is 113 Å². The fraction of sp³-hybridized carbons (Fsp3) is 0.578. The van der Waals surface area contributed by atoms with E-state index in [0.717, 1.165) is 133 Å². The zero-order chi connectivity index (χ0) is 41.8. The van der Waals surface area contributed by atoms with E-state index in [1.54, 1.807) is 12.3 Å². The maximum atomic E-state index is 13.6. The molecule has 0 bridgehead atoms. The zero-order valence-corrected chi connectivity index (χ0v) is 36.5. The minimum absolute atomic E-state index is 0.0614. The molecular weight excluding hydrogens is 796 g/mol. The first kappa shape index (κ1) is 42.6. The molecule has 1 saturated carbocycles. The number of imide groups is 1. The SMILES string of the molecule is CC1(NCC2CCC(C(=O)N3CCN(CC4CCN(c5ccc(C6CCC(=O)NC6=O)cc5)CC4)CC3)CC2)CCN(c2cnc(Sc3cccc(N)c3Cl)c(N)n2)CC1. The van der Waals surface area contributed by atoms with Crippen LogP contribution in [0.1, 0.15) is 82.6 Å². The number of carbonyl (C=O) groups is 3. The van der Waals surface area contributed by atoms with Crippen LogP contribution in [0, 0.1) is 17.8 Å². The number of halogens is 1. The van der Waals surface area contributed by atoms with Crippen LogP contribution in [0.15, 0.2) is 58.6 Å². The molecule has 4 saturated heterocycles. The van der Waals surface area contributed by atoms with Crippen LogP contribution in [0.2, 0.25) is 5.02 Å². The Morgan fingerprint density at radius 1 is 0.883 bits per heavy atom. The van der Waals surface area contributed by atoms with Crippen LogP contribution in [-0.2, 0) is 14.4 Å². The lowest BCUT2D eigenvalue weighted by atomic mass is 9.80. The Kier molecular flexibility index (Phi) is 13.4. The predicted molar refractivity (Wildman–Crippen MR) is 239 cm³/mol. The second-order valence-corrected chi connectivity index (χ2v) is 19.4. The van der Waals surface area contributed by atoms with Gasteiger partial charge in [-0.15, -0.1) is 0 Å². The van der Waals surface area contributed by atoms with E-state index in [2.05, 4.69) is 66.4 Å². The number of carbonyl (C=O) groups excluding carboxylic acids is 3. The van der Waals surface area contributed by atoms with E-state index in [1.807, 2.05) is 12.1 Å². The molecule has 1 aromatic heterocycles. The van der Waals surface area contributed by atoms with Crippen molar-refractivity contribution in [2.45, 2.75) is 92.5 Å². The lowest BCUT2D eigenvalue weighted by Crippen LogP contribution is -2.53. The normalized spacial score (nSPS) is 24.4. The molecule has 2 aromatic carbocycles. The van der Waals surface area contributed by atoms with Gasteiger partial charge in [-0.3, -0.25) is 24.6 Å². The molecule has 3 amide bonds. The van der Waals surface area contributed by atoms with E-state index >= 15 is 0 Å². The summed E-state index contributed by atoms with van der Waals surface area (Å²) in [6.07, 6.45) is 11.3. The average molecular weight is 858 g/mol. The number of aromatic nitrogens is 2. The highest BCUT2D eigenvalue weighted by atomic mass is 35.5. The number of nitrogens with one attached hydrogen (secondary N) is 2. The van der Waals surface area contributed by atoms with Crippen LogP contribution >= 0.6 is 23.4 Å². The number of nitrogens with zero attached hydrogens (tertiary/aromatic N) is 6.